The highest BCUT2D eigenvalue weighted by Crippen LogP contribution is 2.16. The van der Waals surface area contributed by atoms with Crippen molar-refractivity contribution in [2.75, 3.05) is 25.2 Å². The number of carbonyl (C=O) groups is 1. The van der Waals surface area contributed by atoms with Gasteiger partial charge in [-0.2, -0.15) is 0 Å². The van der Waals surface area contributed by atoms with Crippen molar-refractivity contribution in [1.82, 2.24) is 9.88 Å². The van der Waals surface area contributed by atoms with Crippen LogP contribution in [0, 0.1) is 0 Å². The number of hydrogen-bond acceptors (Lipinski definition) is 5. The largest absolute Gasteiger partial charge is 0.377 e. The number of hydrazine groups is 1. The van der Waals surface area contributed by atoms with Crippen molar-refractivity contribution in [1.29, 1.82) is 0 Å². The van der Waals surface area contributed by atoms with Gasteiger partial charge in [0.15, 0.2) is 0 Å². The smallest absolute Gasteiger partial charge is 0.254 e. The van der Waals surface area contributed by atoms with Gasteiger partial charge in [-0.05, 0) is 25.5 Å². The van der Waals surface area contributed by atoms with Crippen LogP contribution in [0.1, 0.15) is 29.9 Å². The van der Waals surface area contributed by atoms with Crippen molar-refractivity contribution < 1.29 is 9.53 Å². The molecule has 1 aliphatic heterocycles. The molecule has 1 fully saturated rings. The van der Waals surface area contributed by atoms with Crippen molar-refractivity contribution in [2.45, 2.75) is 26.3 Å². The third-order valence-electron chi connectivity index (χ3n) is 3.26. The minimum absolute atomic E-state index is 0.00407. The molecule has 0 saturated carbocycles. The zero-order chi connectivity index (χ0) is 13.8. The highest BCUT2D eigenvalue weighted by molar-refractivity contribution is 5.95. The number of nitrogens with one attached hydrogen (secondary N) is 1. The first kappa shape index (κ1) is 13.8. The van der Waals surface area contributed by atoms with Crippen LogP contribution in [0.2, 0.25) is 0 Å². The summed E-state index contributed by atoms with van der Waals surface area (Å²) in [6, 6.07) is 3.60. The van der Waals surface area contributed by atoms with E-state index in [4.69, 9.17) is 10.6 Å². The molecule has 3 N–H and O–H groups in total. The Labute approximate surface area is 112 Å². The maximum absolute atomic E-state index is 12.5. The normalized spacial score (nSPS) is 19.3. The molecule has 0 bridgehead atoms. The number of hydrogen-bond donors (Lipinski definition) is 2. The van der Waals surface area contributed by atoms with Gasteiger partial charge in [0.25, 0.3) is 5.91 Å². The van der Waals surface area contributed by atoms with E-state index in [1.165, 1.54) is 0 Å². The van der Waals surface area contributed by atoms with Gasteiger partial charge in [0, 0.05) is 17.8 Å². The predicted octanol–water partition coefficient (Wildman–Crippen LogP) is 0.791. The van der Waals surface area contributed by atoms with Gasteiger partial charge in [-0.1, -0.05) is 6.92 Å². The molecule has 0 aromatic carbocycles. The molecule has 1 saturated heterocycles. The molecule has 6 nitrogen and oxygen atoms in total. The van der Waals surface area contributed by atoms with Crippen LogP contribution >= 0.6 is 0 Å². The summed E-state index contributed by atoms with van der Waals surface area (Å²) in [5, 5.41) is 0. The van der Waals surface area contributed by atoms with Crippen LogP contribution in [-0.2, 0) is 11.2 Å². The Kier molecular flexibility index (Phi) is 4.34. The van der Waals surface area contributed by atoms with Crippen LogP contribution in [0.4, 0.5) is 5.82 Å². The fraction of sp³-hybridized carbons (Fsp3) is 0.538. The number of nitrogen functional groups attached to an aromatic ring is 1. The van der Waals surface area contributed by atoms with Gasteiger partial charge in [-0.25, -0.2) is 10.8 Å². The molecule has 1 aromatic heterocycles. The Bertz CT molecular complexity index is 442. The monoisotopic (exact) mass is 264 g/mol. The van der Waals surface area contributed by atoms with Gasteiger partial charge in [-0.3, -0.25) is 4.79 Å². The lowest BCUT2D eigenvalue weighted by Gasteiger charge is -2.33. The van der Waals surface area contributed by atoms with E-state index in [1.54, 1.807) is 6.07 Å². The summed E-state index contributed by atoms with van der Waals surface area (Å²) in [5.74, 6) is 5.91. The summed E-state index contributed by atoms with van der Waals surface area (Å²) in [6.07, 6.45) is 0.758. The summed E-state index contributed by atoms with van der Waals surface area (Å²) in [6.45, 7) is 5.77. The van der Waals surface area contributed by atoms with Gasteiger partial charge in [-0.15, -0.1) is 0 Å². The van der Waals surface area contributed by atoms with Crippen LogP contribution in [0.3, 0.4) is 0 Å². The topological polar surface area (TPSA) is 80.5 Å². The second-order valence-electron chi connectivity index (χ2n) is 4.65. The molecule has 1 atom stereocenters. The molecule has 1 unspecified atom stereocenters. The van der Waals surface area contributed by atoms with Crippen LogP contribution < -0.4 is 11.3 Å². The number of pyridine rings is 1. The Balaban J connectivity index is 2.26. The molecule has 0 spiro atoms. The molecule has 104 valence electrons. The fourth-order valence-electron chi connectivity index (χ4n) is 2.16. The fourth-order valence-corrected chi connectivity index (χ4v) is 2.16. The molecule has 1 aromatic rings. The zero-order valence-electron chi connectivity index (χ0n) is 11.3. The minimum Gasteiger partial charge on any atom is -0.377 e. The number of rotatable bonds is 3. The van der Waals surface area contributed by atoms with E-state index in [1.807, 2.05) is 24.8 Å². The minimum atomic E-state index is 0.00407. The van der Waals surface area contributed by atoms with Gasteiger partial charge < -0.3 is 15.1 Å². The number of aromatic nitrogens is 1. The third kappa shape index (κ3) is 3.02. The third-order valence-corrected chi connectivity index (χ3v) is 3.26. The Morgan fingerprint density at radius 3 is 3.05 bits per heavy atom. The lowest BCUT2D eigenvalue weighted by atomic mass is 10.1. The van der Waals surface area contributed by atoms with Crippen LogP contribution in [0.25, 0.3) is 0 Å². The lowest BCUT2D eigenvalue weighted by molar-refractivity contribution is 0.00358. The summed E-state index contributed by atoms with van der Waals surface area (Å²) in [4.78, 5) is 18.6. The number of morpholine rings is 1. The van der Waals surface area contributed by atoms with Crippen molar-refractivity contribution in [2.24, 2.45) is 5.84 Å². The molecule has 1 aliphatic rings. The van der Waals surface area contributed by atoms with E-state index in [9.17, 15) is 4.79 Å². The Morgan fingerprint density at radius 1 is 1.63 bits per heavy atom. The molecular weight excluding hydrogens is 244 g/mol. The average Bonchev–Trinajstić information content (AvgIpc) is 2.46. The van der Waals surface area contributed by atoms with E-state index in [-0.39, 0.29) is 11.9 Å². The van der Waals surface area contributed by atoms with Crippen LogP contribution in [-0.4, -0.2) is 41.6 Å². The van der Waals surface area contributed by atoms with Crippen LogP contribution in [0.15, 0.2) is 12.1 Å². The molecule has 6 heteroatoms. The van der Waals surface area contributed by atoms with E-state index in [0.29, 0.717) is 31.1 Å². The van der Waals surface area contributed by atoms with Gasteiger partial charge in [0.2, 0.25) is 0 Å². The average molecular weight is 264 g/mol. The molecule has 0 radical (unpaired) electrons. The molecule has 2 heterocycles. The summed E-state index contributed by atoms with van der Waals surface area (Å²) < 4.78 is 5.35. The number of nitrogens with two attached hydrogens (primary N) is 1. The molecule has 2 rings (SSSR count). The summed E-state index contributed by atoms with van der Waals surface area (Å²) in [5.41, 5.74) is 3.97. The standard InChI is InChI=1S/C13H20N4O2/c1-3-11-6-10(7-12(15-11)16-14)13(18)17-4-5-19-8-9(17)2/h6-7,9H,3-5,8,14H2,1-2H3,(H,15,16). The number of ether oxygens (including phenoxy) is 1. The molecular formula is C13H20N4O2. The number of amides is 1. The van der Waals surface area contributed by atoms with Gasteiger partial charge in [0.05, 0.1) is 19.3 Å². The van der Waals surface area contributed by atoms with E-state index in [2.05, 4.69) is 10.4 Å². The lowest BCUT2D eigenvalue weighted by Crippen LogP contribution is -2.47. The Morgan fingerprint density at radius 2 is 2.42 bits per heavy atom. The van der Waals surface area contributed by atoms with E-state index < -0.39 is 0 Å². The van der Waals surface area contributed by atoms with E-state index in [0.717, 1.165) is 12.1 Å². The highest BCUT2D eigenvalue weighted by atomic mass is 16.5. The van der Waals surface area contributed by atoms with Gasteiger partial charge in [0.1, 0.15) is 5.82 Å². The summed E-state index contributed by atoms with van der Waals surface area (Å²) >= 11 is 0. The van der Waals surface area contributed by atoms with Crippen molar-refractivity contribution >= 4 is 11.7 Å². The van der Waals surface area contributed by atoms with Crippen molar-refractivity contribution in [3.63, 3.8) is 0 Å². The maximum Gasteiger partial charge on any atom is 0.254 e. The van der Waals surface area contributed by atoms with Gasteiger partial charge >= 0.3 is 0 Å². The first-order valence-corrected chi connectivity index (χ1v) is 6.52. The quantitative estimate of drug-likeness (QED) is 0.623. The highest BCUT2D eigenvalue weighted by Gasteiger charge is 2.25. The SMILES string of the molecule is CCc1cc(C(=O)N2CCOCC2C)cc(NN)n1. The first-order valence-electron chi connectivity index (χ1n) is 6.52. The second kappa shape index (κ2) is 5.99. The number of nitrogens with zero attached hydrogens (tertiary/aromatic N) is 2. The molecule has 0 aliphatic carbocycles. The second-order valence-corrected chi connectivity index (χ2v) is 4.65. The first-order chi connectivity index (χ1) is 9.15. The van der Waals surface area contributed by atoms with Crippen molar-refractivity contribution in [3.05, 3.63) is 23.4 Å². The van der Waals surface area contributed by atoms with Crippen molar-refractivity contribution in [3.8, 4) is 0 Å². The van der Waals surface area contributed by atoms with E-state index >= 15 is 0 Å². The Hall–Kier alpha value is -1.66. The molecule has 1 amide bonds. The number of aryl methyl sites for hydroxylation is 1. The number of anilines is 1. The zero-order valence-corrected chi connectivity index (χ0v) is 11.3. The molecule has 19 heavy (non-hydrogen) atoms. The summed E-state index contributed by atoms with van der Waals surface area (Å²) in [7, 11) is 0. The predicted molar refractivity (Wildman–Crippen MR) is 72.7 cm³/mol. The maximum atomic E-state index is 12.5. The van der Waals surface area contributed by atoms with Crippen LogP contribution in [0.5, 0.6) is 0 Å². The number of carbonyl (C=O) groups excluding carboxylic acids is 1.